The van der Waals surface area contributed by atoms with Gasteiger partial charge in [-0.15, -0.1) is 0 Å². The summed E-state index contributed by atoms with van der Waals surface area (Å²) in [7, 11) is 0. The van der Waals surface area contributed by atoms with E-state index in [0.29, 0.717) is 0 Å². The third-order valence-electron chi connectivity index (χ3n) is 5.06. The van der Waals surface area contributed by atoms with Crippen LogP contribution in [0.25, 0.3) is 0 Å². The minimum Gasteiger partial charge on any atom is -0.466 e. The third kappa shape index (κ3) is 3.12. The molecule has 0 radical (unpaired) electrons. The summed E-state index contributed by atoms with van der Waals surface area (Å²) in [4.78, 5) is 15.1. The summed E-state index contributed by atoms with van der Waals surface area (Å²) in [6.45, 7) is 11.5. The van der Waals surface area contributed by atoms with E-state index in [4.69, 9.17) is 4.42 Å². The molecule has 1 aliphatic rings. The fourth-order valence-corrected chi connectivity index (χ4v) is 3.84. The average molecular weight is 329 g/mol. The second-order valence-corrected chi connectivity index (χ2v) is 7.03. The quantitative estimate of drug-likeness (QED) is 0.862. The second-order valence-electron chi connectivity index (χ2n) is 7.03. The topological polar surface area (TPSA) is 51.3 Å². The first-order chi connectivity index (χ1) is 11.4. The van der Waals surface area contributed by atoms with Crippen molar-refractivity contribution < 1.29 is 9.21 Å². The molecule has 0 saturated carbocycles. The van der Waals surface area contributed by atoms with E-state index >= 15 is 0 Å². The molecule has 0 spiro atoms. The Kier molecular flexibility index (Phi) is 4.52. The van der Waals surface area contributed by atoms with E-state index in [1.54, 1.807) is 0 Å². The SMILES string of the molecule is Cc1cc(C)n(CC2CCCN2C(=O)C(C)c2cc(C)oc2C)n1. The molecule has 2 atom stereocenters. The van der Waals surface area contributed by atoms with Crippen molar-refractivity contribution in [3.05, 3.63) is 40.6 Å². The maximum absolute atomic E-state index is 13.1. The highest BCUT2D eigenvalue weighted by Crippen LogP contribution is 2.29. The zero-order valence-electron chi connectivity index (χ0n) is 15.3. The van der Waals surface area contributed by atoms with Gasteiger partial charge < -0.3 is 9.32 Å². The first-order valence-electron chi connectivity index (χ1n) is 8.75. The lowest BCUT2D eigenvalue weighted by Gasteiger charge is -2.28. The molecule has 0 aliphatic carbocycles. The van der Waals surface area contributed by atoms with Crippen LogP contribution < -0.4 is 0 Å². The van der Waals surface area contributed by atoms with Crippen LogP contribution in [0.15, 0.2) is 16.5 Å². The fourth-order valence-electron chi connectivity index (χ4n) is 3.84. The number of carbonyl (C=O) groups is 1. The Labute approximate surface area is 143 Å². The molecule has 3 rings (SSSR count). The van der Waals surface area contributed by atoms with Crippen molar-refractivity contribution in [2.75, 3.05) is 6.54 Å². The summed E-state index contributed by atoms with van der Waals surface area (Å²) < 4.78 is 7.64. The zero-order chi connectivity index (χ0) is 17.4. The molecule has 1 amide bonds. The van der Waals surface area contributed by atoms with E-state index in [1.807, 2.05) is 43.3 Å². The summed E-state index contributed by atoms with van der Waals surface area (Å²) in [6.07, 6.45) is 2.10. The van der Waals surface area contributed by atoms with Gasteiger partial charge in [0.2, 0.25) is 5.91 Å². The summed E-state index contributed by atoms with van der Waals surface area (Å²) in [5.74, 6) is 1.75. The lowest BCUT2D eigenvalue weighted by Crippen LogP contribution is -2.40. The van der Waals surface area contributed by atoms with Gasteiger partial charge in [0.25, 0.3) is 0 Å². The van der Waals surface area contributed by atoms with Crippen LogP contribution in [-0.4, -0.2) is 33.2 Å². The first kappa shape index (κ1) is 16.8. The molecule has 0 N–H and O–H groups in total. The zero-order valence-corrected chi connectivity index (χ0v) is 15.3. The maximum Gasteiger partial charge on any atom is 0.230 e. The van der Waals surface area contributed by atoms with Crippen LogP contribution in [0.3, 0.4) is 0 Å². The number of furan rings is 1. The molecule has 5 nitrogen and oxygen atoms in total. The molecule has 2 aromatic rings. The van der Waals surface area contributed by atoms with Crippen LogP contribution in [0.4, 0.5) is 0 Å². The van der Waals surface area contributed by atoms with Crippen molar-refractivity contribution in [2.45, 2.75) is 66.0 Å². The van der Waals surface area contributed by atoms with Crippen molar-refractivity contribution in [1.82, 2.24) is 14.7 Å². The molecular weight excluding hydrogens is 302 g/mol. The molecule has 2 unspecified atom stereocenters. The fraction of sp³-hybridized carbons (Fsp3) is 0.579. The Hall–Kier alpha value is -2.04. The van der Waals surface area contributed by atoms with Crippen molar-refractivity contribution in [2.24, 2.45) is 0 Å². The molecule has 5 heteroatoms. The molecule has 2 aromatic heterocycles. The average Bonchev–Trinajstić information content (AvgIpc) is 3.18. The smallest absolute Gasteiger partial charge is 0.230 e. The normalized spacial score (nSPS) is 19.0. The van der Waals surface area contributed by atoms with Gasteiger partial charge in [-0.1, -0.05) is 0 Å². The van der Waals surface area contributed by atoms with E-state index in [0.717, 1.165) is 54.4 Å². The van der Waals surface area contributed by atoms with Crippen molar-refractivity contribution in [1.29, 1.82) is 0 Å². The van der Waals surface area contributed by atoms with Crippen molar-refractivity contribution in [3.8, 4) is 0 Å². The highest BCUT2D eigenvalue weighted by atomic mass is 16.3. The van der Waals surface area contributed by atoms with Gasteiger partial charge in [0, 0.05) is 17.8 Å². The Morgan fingerprint density at radius 2 is 2.08 bits per heavy atom. The van der Waals surface area contributed by atoms with Crippen LogP contribution in [0.5, 0.6) is 0 Å². The molecule has 0 bridgehead atoms. The van der Waals surface area contributed by atoms with Gasteiger partial charge in [-0.3, -0.25) is 9.48 Å². The number of carbonyl (C=O) groups excluding carboxylic acids is 1. The van der Waals surface area contributed by atoms with Crippen LogP contribution in [0.1, 0.15) is 54.2 Å². The summed E-state index contributed by atoms with van der Waals surface area (Å²) in [5, 5.41) is 4.55. The molecule has 130 valence electrons. The van der Waals surface area contributed by atoms with E-state index in [1.165, 1.54) is 0 Å². The molecular formula is C19H27N3O2. The molecule has 1 fully saturated rings. The van der Waals surface area contributed by atoms with Crippen LogP contribution in [-0.2, 0) is 11.3 Å². The molecule has 1 saturated heterocycles. The number of likely N-dealkylation sites (tertiary alicyclic amines) is 1. The van der Waals surface area contributed by atoms with Crippen molar-refractivity contribution >= 4 is 5.91 Å². The maximum atomic E-state index is 13.1. The number of hydrogen-bond acceptors (Lipinski definition) is 3. The molecule has 0 aromatic carbocycles. The predicted molar refractivity (Wildman–Crippen MR) is 93.0 cm³/mol. The van der Waals surface area contributed by atoms with Gasteiger partial charge in [-0.25, -0.2) is 0 Å². The minimum atomic E-state index is -0.163. The Balaban J connectivity index is 1.76. The van der Waals surface area contributed by atoms with Gasteiger partial charge >= 0.3 is 0 Å². The number of nitrogens with zero attached hydrogens (tertiary/aromatic N) is 3. The number of aromatic nitrogens is 2. The lowest BCUT2D eigenvalue weighted by atomic mass is 9.99. The largest absolute Gasteiger partial charge is 0.466 e. The first-order valence-corrected chi connectivity index (χ1v) is 8.75. The second kappa shape index (κ2) is 6.46. The monoisotopic (exact) mass is 329 g/mol. The third-order valence-corrected chi connectivity index (χ3v) is 5.06. The summed E-state index contributed by atoms with van der Waals surface area (Å²) in [6, 6.07) is 4.30. The van der Waals surface area contributed by atoms with Gasteiger partial charge in [0.05, 0.1) is 24.2 Å². The molecule has 24 heavy (non-hydrogen) atoms. The standard InChI is InChI=1S/C19H27N3O2/c1-12-9-13(2)22(20-12)11-17-7-6-8-21(17)19(23)15(4)18-10-14(3)24-16(18)5/h9-10,15,17H,6-8,11H2,1-5H3. The summed E-state index contributed by atoms with van der Waals surface area (Å²) in [5.41, 5.74) is 3.19. The van der Waals surface area contributed by atoms with E-state index < -0.39 is 0 Å². The van der Waals surface area contributed by atoms with Gasteiger partial charge in [-0.05, 0) is 59.6 Å². The van der Waals surface area contributed by atoms with Crippen LogP contribution in [0, 0.1) is 27.7 Å². The van der Waals surface area contributed by atoms with E-state index in [-0.39, 0.29) is 17.9 Å². The lowest BCUT2D eigenvalue weighted by molar-refractivity contribution is -0.133. The molecule has 3 heterocycles. The van der Waals surface area contributed by atoms with Gasteiger partial charge in [0.1, 0.15) is 11.5 Å². The highest BCUT2D eigenvalue weighted by molar-refractivity contribution is 5.84. The molecule has 1 aliphatic heterocycles. The Bertz CT molecular complexity index is 744. The summed E-state index contributed by atoms with van der Waals surface area (Å²) >= 11 is 0. The van der Waals surface area contributed by atoms with Gasteiger partial charge in [0.15, 0.2) is 0 Å². The predicted octanol–water partition coefficient (Wildman–Crippen LogP) is 3.50. The number of amides is 1. The number of hydrogen-bond donors (Lipinski definition) is 0. The van der Waals surface area contributed by atoms with E-state index in [2.05, 4.69) is 18.1 Å². The van der Waals surface area contributed by atoms with Crippen LogP contribution in [0.2, 0.25) is 0 Å². The van der Waals surface area contributed by atoms with Crippen molar-refractivity contribution in [3.63, 3.8) is 0 Å². The minimum absolute atomic E-state index is 0.163. The Morgan fingerprint density at radius 1 is 1.33 bits per heavy atom. The van der Waals surface area contributed by atoms with Gasteiger partial charge in [-0.2, -0.15) is 5.10 Å². The number of rotatable bonds is 4. The number of aryl methyl sites for hydroxylation is 4. The highest BCUT2D eigenvalue weighted by Gasteiger charge is 2.33. The Morgan fingerprint density at radius 3 is 2.67 bits per heavy atom. The van der Waals surface area contributed by atoms with E-state index in [9.17, 15) is 4.79 Å². The van der Waals surface area contributed by atoms with Crippen LogP contribution >= 0.6 is 0 Å².